The highest BCUT2D eigenvalue weighted by atomic mass is 16.7. The first-order chi connectivity index (χ1) is 43.6. The Kier molecular flexibility index (Phi) is 66.2. The number of carbonyl (C=O) groups is 3. The van der Waals surface area contributed by atoms with E-state index in [4.69, 9.17) is 18.9 Å². The van der Waals surface area contributed by atoms with E-state index in [2.05, 4.69) is 135 Å². The van der Waals surface area contributed by atoms with Crippen LogP contribution in [0.15, 0.2) is 122 Å². The van der Waals surface area contributed by atoms with Gasteiger partial charge in [0, 0.05) is 12.8 Å². The number of unbranched alkanes of at least 4 members (excludes halogenated alkanes) is 32. The lowest BCUT2D eigenvalue weighted by Gasteiger charge is -2.26. The molecule has 2 unspecified atom stereocenters. The van der Waals surface area contributed by atoms with E-state index in [-0.39, 0.29) is 38.6 Å². The van der Waals surface area contributed by atoms with Crippen LogP contribution in [0, 0.1) is 0 Å². The van der Waals surface area contributed by atoms with Crippen LogP contribution in [0.25, 0.3) is 0 Å². The molecule has 0 amide bonds. The Bertz CT molecular complexity index is 1880. The number of quaternary nitrogens is 1. The fourth-order valence-electron chi connectivity index (χ4n) is 10.2. The third kappa shape index (κ3) is 71.0. The van der Waals surface area contributed by atoms with E-state index in [1.807, 2.05) is 21.1 Å². The molecule has 89 heavy (non-hydrogen) atoms. The number of carboxylic acids is 1. The number of carboxylic acid groups (broad SMARTS) is 1. The smallest absolute Gasteiger partial charge is 0.306 e. The zero-order valence-electron chi connectivity index (χ0n) is 58.3. The summed E-state index contributed by atoms with van der Waals surface area (Å²) in [5, 5.41) is 11.8. The molecule has 0 aliphatic heterocycles. The lowest BCUT2D eigenvalue weighted by Crippen LogP contribution is -2.44. The van der Waals surface area contributed by atoms with Crippen LogP contribution in [-0.2, 0) is 33.3 Å². The van der Waals surface area contributed by atoms with Gasteiger partial charge in [-0.3, -0.25) is 9.59 Å². The molecular weight excluding hydrogens is 1100 g/mol. The summed E-state index contributed by atoms with van der Waals surface area (Å²) < 4.78 is 22.8. The molecule has 9 nitrogen and oxygen atoms in total. The second-order valence-corrected chi connectivity index (χ2v) is 25.5. The summed E-state index contributed by atoms with van der Waals surface area (Å²) >= 11 is 0. The van der Waals surface area contributed by atoms with Crippen molar-refractivity contribution in [1.29, 1.82) is 0 Å². The van der Waals surface area contributed by atoms with Crippen molar-refractivity contribution in [2.24, 2.45) is 0 Å². The highest BCUT2D eigenvalue weighted by Crippen LogP contribution is 2.18. The van der Waals surface area contributed by atoms with Crippen molar-refractivity contribution in [2.45, 2.75) is 322 Å². The Morgan fingerprint density at radius 1 is 0.337 bits per heavy atom. The zero-order valence-corrected chi connectivity index (χ0v) is 58.3. The number of hydrogen-bond donors (Lipinski definition) is 0. The van der Waals surface area contributed by atoms with Crippen LogP contribution in [0.4, 0.5) is 0 Å². The first-order valence-electron chi connectivity index (χ1n) is 36.7. The van der Waals surface area contributed by atoms with Gasteiger partial charge in [-0.2, -0.15) is 0 Å². The summed E-state index contributed by atoms with van der Waals surface area (Å²) in [6.45, 7) is 4.55. The molecule has 2 atom stereocenters. The molecule has 0 saturated carbocycles. The Labute approximate surface area is 548 Å². The van der Waals surface area contributed by atoms with Crippen molar-refractivity contribution in [3.63, 3.8) is 0 Å². The fraction of sp³-hybridized carbons (Fsp3) is 0.713. The number of likely N-dealkylation sites (N-methyl/N-ethyl adjacent to an activating group) is 1. The minimum absolute atomic E-state index is 0.145. The number of rotatable bonds is 67. The Hall–Kier alpha value is -4.31. The summed E-state index contributed by atoms with van der Waals surface area (Å²) in [6, 6.07) is 0. The van der Waals surface area contributed by atoms with E-state index < -0.39 is 24.3 Å². The third-order valence-electron chi connectivity index (χ3n) is 15.7. The molecule has 0 fully saturated rings. The second-order valence-electron chi connectivity index (χ2n) is 25.5. The van der Waals surface area contributed by atoms with Gasteiger partial charge in [-0.05, 0) is 103 Å². The topological polar surface area (TPSA) is 111 Å². The maximum Gasteiger partial charge on any atom is 0.306 e. The van der Waals surface area contributed by atoms with Gasteiger partial charge in [0.2, 0.25) is 0 Å². The number of aliphatic carboxylic acids is 1. The van der Waals surface area contributed by atoms with Crippen LogP contribution >= 0.6 is 0 Å². The van der Waals surface area contributed by atoms with Crippen molar-refractivity contribution >= 4 is 17.9 Å². The van der Waals surface area contributed by atoms with E-state index in [1.54, 1.807) is 0 Å². The average molecular weight is 1240 g/mol. The average Bonchev–Trinajstić information content (AvgIpc) is 3.64. The lowest BCUT2D eigenvalue weighted by molar-refractivity contribution is -0.870. The zero-order chi connectivity index (χ0) is 64.7. The van der Waals surface area contributed by atoms with Gasteiger partial charge in [-0.15, -0.1) is 0 Å². The summed E-state index contributed by atoms with van der Waals surface area (Å²) in [4.78, 5) is 37.5. The Morgan fingerprint density at radius 3 is 0.899 bits per heavy atom. The minimum Gasteiger partial charge on any atom is -0.545 e. The van der Waals surface area contributed by atoms with Crippen molar-refractivity contribution in [3.8, 4) is 0 Å². The third-order valence-corrected chi connectivity index (χ3v) is 15.7. The molecule has 510 valence electrons. The van der Waals surface area contributed by atoms with E-state index in [1.165, 1.54) is 180 Å². The molecule has 0 heterocycles. The predicted octanol–water partition coefficient (Wildman–Crippen LogP) is 21.8. The fourth-order valence-corrected chi connectivity index (χ4v) is 10.2. The van der Waals surface area contributed by atoms with Crippen LogP contribution in [0.2, 0.25) is 0 Å². The molecule has 9 heteroatoms. The largest absolute Gasteiger partial charge is 0.545 e. The number of nitrogens with zero attached hydrogens (tertiary/aromatic N) is 1. The van der Waals surface area contributed by atoms with Crippen LogP contribution in [-0.4, -0.2) is 82.3 Å². The maximum absolute atomic E-state index is 13.0. The predicted molar refractivity (Wildman–Crippen MR) is 380 cm³/mol. The summed E-state index contributed by atoms with van der Waals surface area (Å²) in [7, 11) is 5.93. The number of allylic oxidation sites excluding steroid dienone is 20. The molecule has 0 rings (SSSR count). The highest BCUT2D eigenvalue weighted by Gasteiger charge is 2.22. The maximum atomic E-state index is 13.0. The SMILES string of the molecule is CC/C=C\C/C=C\C/C=C\C/C=C\C/C=C\C/C=C\CCCCCCCCCCCCCCCCCCCCCCC(=O)OC(COC(=O)CCCCCCCCCCCCCC/C=C\C/C=C\C/C=C\C/C=C\CC)COC(OCC[N+](C)(C)C)C(=O)[O-]. The molecule has 0 bridgehead atoms. The van der Waals surface area contributed by atoms with E-state index in [9.17, 15) is 19.5 Å². The van der Waals surface area contributed by atoms with Crippen molar-refractivity contribution in [3.05, 3.63) is 122 Å². The normalized spacial score (nSPS) is 13.4. The van der Waals surface area contributed by atoms with E-state index in [0.29, 0.717) is 17.4 Å². The molecular formula is C80H137NO8. The molecule has 0 radical (unpaired) electrons. The monoisotopic (exact) mass is 1240 g/mol. The van der Waals surface area contributed by atoms with Crippen LogP contribution < -0.4 is 5.11 Å². The summed E-state index contributed by atoms with van der Waals surface area (Å²) in [5.74, 6) is -2.28. The van der Waals surface area contributed by atoms with Crippen LogP contribution in [0.5, 0.6) is 0 Å². The molecule has 0 aliphatic rings. The standard InChI is InChI=1S/C80H137NO8/c1-6-8-10-12-14-16-18-20-22-24-26-28-30-32-33-34-35-36-37-38-39-40-41-42-43-44-45-47-49-51-53-55-57-59-61-63-65-67-69-71-78(83)89-76(75-88-80(79(84)85)86-73-72-81(3,4)5)74-87-77(82)70-68-66-64-62-60-58-56-54-52-50-48-46-31-29-27-25-23-21-19-17-15-13-11-9-7-2/h8-11,14-17,20-23,26-29,32-33,35-36,76,80H,6-7,12-13,18-19,24-25,30-31,34,37-75H2,1-5H3/b10-8-,11-9-,16-14-,17-15-,22-20-,23-21-,28-26-,29-27-,33-32-,36-35-. The van der Waals surface area contributed by atoms with Gasteiger partial charge in [0.15, 0.2) is 12.4 Å². The molecule has 0 N–H and O–H groups in total. The summed E-state index contributed by atoms with van der Waals surface area (Å²) in [6.07, 6.45) is 95.8. The van der Waals surface area contributed by atoms with E-state index >= 15 is 0 Å². The van der Waals surface area contributed by atoms with Gasteiger partial charge < -0.3 is 33.3 Å². The number of carbonyl (C=O) groups excluding carboxylic acids is 3. The molecule has 0 aromatic rings. The molecule has 0 saturated heterocycles. The molecule has 0 aromatic heterocycles. The van der Waals surface area contributed by atoms with Crippen molar-refractivity contribution in [1.82, 2.24) is 0 Å². The number of hydrogen-bond acceptors (Lipinski definition) is 8. The summed E-state index contributed by atoms with van der Waals surface area (Å²) in [5.41, 5.74) is 0. The molecule has 0 aliphatic carbocycles. The Morgan fingerprint density at radius 2 is 0.607 bits per heavy atom. The minimum atomic E-state index is -1.63. The quantitative estimate of drug-likeness (QED) is 0.0195. The van der Waals surface area contributed by atoms with Crippen LogP contribution in [0.1, 0.15) is 309 Å². The molecule has 0 aromatic carbocycles. The van der Waals surface area contributed by atoms with Crippen molar-refractivity contribution in [2.75, 3.05) is 47.5 Å². The van der Waals surface area contributed by atoms with Gasteiger partial charge in [0.25, 0.3) is 0 Å². The van der Waals surface area contributed by atoms with Gasteiger partial charge in [0.05, 0.1) is 40.3 Å². The number of esters is 2. The van der Waals surface area contributed by atoms with Crippen molar-refractivity contribution < 1.29 is 42.9 Å². The van der Waals surface area contributed by atoms with Gasteiger partial charge in [-0.1, -0.05) is 315 Å². The van der Waals surface area contributed by atoms with Gasteiger partial charge in [0.1, 0.15) is 13.2 Å². The van der Waals surface area contributed by atoms with E-state index in [0.717, 1.165) is 96.3 Å². The Balaban J connectivity index is 4.04. The lowest BCUT2D eigenvalue weighted by atomic mass is 10.0. The molecule has 0 spiro atoms. The van der Waals surface area contributed by atoms with Gasteiger partial charge >= 0.3 is 11.9 Å². The first-order valence-corrected chi connectivity index (χ1v) is 36.7. The first kappa shape index (κ1) is 84.7. The van der Waals surface area contributed by atoms with Gasteiger partial charge in [-0.25, -0.2) is 0 Å². The highest BCUT2D eigenvalue weighted by molar-refractivity contribution is 5.70. The van der Waals surface area contributed by atoms with Crippen LogP contribution in [0.3, 0.4) is 0 Å². The number of ether oxygens (including phenoxy) is 4. The second kappa shape index (κ2) is 69.6.